The quantitative estimate of drug-likeness (QED) is 0.688. The molecule has 0 radical (unpaired) electrons. The van der Waals surface area contributed by atoms with E-state index in [0.717, 1.165) is 21.4 Å². The van der Waals surface area contributed by atoms with E-state index in [9.17, 15) is 14.0 Å². The minimum atomic E-state index is -0.688. The van der Waals surface area contributed by atoms with Crippen LogP contribution in [0.2, 0.25) is 5.02 Å². The van der Waals surface area contributed by atoms with Crippen LogP contribution in [0, 0.1) is 5.82 Å². The summed E-state index contributed by atoms with van der Waals surface area (Å²) in [6, 6.07) is 10.8. The van der Waals surface area contributed by atoms with Crippen LogP contribution in [0.4, 0.5) is 9.18 Å². The zero-order valence-corrected chi connectivity index (χ0v) is 14.4. The molecule has 2 N–H and O–H groups in total. The highest BCUT2D eigenvalue weighted by atomic mass is 35.5. The van der Waals surface area contributed by atoms with Crippen molar-refractivity contribution < 1.29 is 14.0 Å². The Labute approximate surface area is 153 Å². The molecule has 2 aromatic carbocycles. The van der Waals surface area contributed by atoms with Gasteiger partial charge in [0.15, 0.2) is 0 Å². The molecule has 4 rings (SSSR count). The summed E-state index contributed by atoms with van der Waals surface area (Å²) in [4.78, 5) is 29.1. The topological polar surface area (TPSA) is 65.2 Å². The van der Waals surface area contributed by atoms with Crippen molar-refractivity contribution in [2.75, 3.05) is 0 Å². The van der Waals surface area contributed by atoms with Crippen LogP contribution < -0.4 is 5.32 Å². The van der Waals surface area contributed by atoms with Crippen LogP contribution in [0.1, 0.15) is 11.1 Å². The molecule has 0 saturated carbocycles. The number of hydrogen-bond acceptors (Lipinski definition) is 2. The van der Waals surface area contributed by atoms with E-state index in [1.165, 1.54) is 18.2 Å². The highest BCUT2D eigenvalue weighted by molar-refractivity contribution is 6.31. The Hall–Kier alpha value is -2.86. The molecule has 26 heavy (non-hydrogen) atoms. The molecule has 1 atom stereocenters. The smallest absolute Gasteiger partial charge is 0.325 e. The van der Waals surface area contributed by atoms with Gasteiger partial charge in [-0.25, -0.2) is 9.18 Å². The Balaban J connectivity index is 1.56. The van der Waals surface area contributed by atoms with Crippen molar-refractivity contribution in [3.05, 3.63) is 70.6 Å². The molecule has 1 aromatic heterocycles. The minimum absolute atomic E-state index is 0.130. The van der Waals surface area contributed by atoms with E-state index in [-0.39, 0.29) is 23.0 Å². The lowest BCUT2D eigenvalue weighted by Crippen LogP contribution is -2.32. The number of halogens is 2. The number of nitrogens with zero attached hydrogens (tertiary/aromatic N) is 1. The van der Waals surface area contributed by atoms with Gasteiger partial charge in [-0.05, 0) is 23.8 Å². The van der Waals surface area contributed by atoms with Gasteiger partial charge in [0.25, 0.3) is 5.91 Å². The molecule has 132 valence electrons. The molecule has 0 unspecified atom stereocenters. The van der Waals surface area contributed by atoms with Crippen molar-refractivity contribution in [2.24, 2.45) is 0 Å². The Kier molecular flexibility index (Phi) is 4.12. The first kappa shape index (κ1) is 16.6. The van der Waals surface area contributed by atoms with Crippen molar-refractivity contribution >= 4 is 34.4 Å². The van der Waals surface area contributed by atoms with Crippen LogP contribution in [0.15, 0.2) is 48.7 Å². The Bertz CT molecular complexity index is 997. The summed E-state index contributed by atoms with van der Waals surface area (Å²) in [5.41, 5.74) is 2.03. The number of fused-ring (bicyclic) bond motifs is 1. The number of nitrogens with one attached hydrogen (secondary N) is 2. The van der Waals surface area contributed by atoms with Gasteiger partial charge in [0.2, 0.25) is 0 Å². The minimum Gasteiger partial charge on any atom is -0.361 e. The van der Waals surface area contributed by atoms with Crippen LogP contribution >= 0.6 is 11.6 Å². The van der Waals surface area contributed by atoms with Gasteiger partial charge in [0.1, 0.15) is 11.9 Å². The third kappa shape index (κ3) is 2.82. The fourth-order valence-corrected chi connectivity index (χ4v) is 3.45. The van der Waals surface area contributed by atoms with Gasteiger partial charge < -0.3 is 10.3 Å². The van der Waals surface area contributed by atoms with Gasteiger partial charge in [-0.15, -0.1) is 0 Å². The molecule has 0 aliphatic carbocycles. The third-order valence-electron chi connectivity index (χ3n) is 4.58. The Morgan fingerprint density at radius 1 is 1.12 bits per heavy atom. The second kappa shape index (κ2) is 6.46. The molecule has 0 bridgehead atoms. The standard InChI is InChI=1S/C19H15ClFN3O2/c20-14-5-3-6-15(21)13(14)10-24-18(25)17(23-19(24)26)8-11-9-22-16-7-2-1-4-12(11)16/h1-7,9,17,22H,8,10H2,(H,23,26)/t17-/m1/s1. The molecule has 0 spiro atoms. The summed E-state index contributed by atoms with van der Waals surface area (Å²) in [5, 5.41) is 3.86. The van der Waals surface area contributed by atoms with Gasteiger partial charge in [-0.3, -0.25) is 9.69 Å². The third-order valence-corrected chi connectivity index (χ3v) is 4.94. The van der Waals surface area contributed by atoms with E-state index < -0.39 is 17.9 Å². The fraction of sp³-hybridized carbons (Fsp3) is 0.158. The number of imide groups is 1. The maximum Gasteiger partial charge on any atom is 0.325 e. The number of H-pyrrole nitrogens is 1. The maximum atomic E-state index is 14.0. The summed E-state index contributed by atoms with van der Waals surface area (Å²) in [7, 11) is 0. The number of hydrogen-bond donors (Lipinski definition) is 2. The number of urea groups is 1. The summed E-state index contributed by atoms with van der Waals surface area (Å²) < 4.78 is 14.0. The summed E-state index contributed by atoms with van der Waals surface area (Å²) in [5.74, 6) is -0.933. The van der Waals surface area contributed by atoms with Crippen molar-refractivity contribution in [1.82, 2.24) is 15.2 Å². The summed E-state index contributed by atoms with van der Waals surface area (Å²) in [6.07, 6.45) is 2.19. The van der Waals surface area contributed by atoms with Gasteiger partial charge in [-0.2, -0.15) is 0 Å². The number of rotatable bonds is 4. The first-order valence-corrected chi connectivity index (χ1v) is 8.52. The lowest BCUT2D eigenvalue weighted by molar-refractivity contribution is -0.127. The van der Waals surface area contributed by atoms with Crippen molar-refractivity contribution in [1.29, 1.82) is 0 Å². The fourth-order valence-electron chi connectivity index (χ4n) is 3.23. The molecule has 1 aliphatic rings. The van der Waals surface area contributed by atoms with Crippen LogP contribution in [0.3, 0.4) is 0 Å². The maximum absolute atomic E-state index is 14.0. The molecule has 3 amide bonds. The second-order valence-corrected chi connectivity index (χ2v) is 6.60. The highest BCUT2D eigenvalue weighted by Crippen LogP contribution is 2.25. The SMILES string of the molecule is O=C1N[C@H](Cc2c[nH]c3ccccc23)C(=O)N1Cc1c(F)cccc1Cl. The first-order valence-electron chi connectivity index (χ1n) is 8.14. The Morgan fingerprint density at radius 3 is 2.73 bits per heavy atom. The molecule has 1 fully saturated rings. The molecule has 1 aliphatic heterocycles. The first-order chi connectivity index (χ1) is 12.5. The van der Waals surface area contributed by atoms with Crippen molar-refractivity contribution in [3.8, 4) is 0 Å². The zero-order chi connectivity index (χ0) is 18.3. The van der Waals surface area contributed by atoms with E-state index >= 15 is 0 Å². The van der Waals surface area contributed by atoms with Crippen LogP contribution in [0.25, 0.3) is 10.9 Å². The molecular weight excluding hydrogens is 357 g/mol. The Morgan fingerprint density at radius 2 is 1.92 bits per heavy atom. The lowest BCUT2D eigenvalue weighted by atomic mass is 10.0. The lowest BCUT2D eigenvalue weighted by Gasteiger charge is -2.14. The number of amides is 3. The van der Waals surface area contributed by atoms with E-state index in [1.807, 2.05) is 30.5 Å². The van der Waals surface area contributed by atoms with Gasteiger partial charge in [-0.1, -0.05) is 35.9 Å². The number of carbonyl (C=O) groups is 2. The van der Waals surface area contributed by atoms with E-state index in [4.69, 9.17) is 11.6 Å². The summed E-state index contributed by atoms with van der Waals surface area (Å²) in [6.45, 7) is -0.194. The molecule has 5 nitrogen and oxygen atoms in total. The molecule has 3 aromatic rings. The van der Waals surface area contributed by atoms with Crippen LogP contribution in [-0.2, 0) is 17.8 Å². The average molecular weight is 372 g/mol. The molecule has 1 saturated heterocycles. The normalized spacial score (nSPS) is 17.2. The largest absolute Gasteiger partial charge is 0.361 e. The summed E-state index contributed by atoms with van der Waals surface area (Å²) >= 11 is 6.01. The van der Waals surface area contributed by atoms with Gasteiger partial charge in [0, 0.05) is 34.1 Å². The van der Waals surface area contributed by atoms with Crippen LogP contribution in [-0.4, -0.2) is 27.9 Å². The predicted octanol–water partition coefficient (Wildman–Crippen LogP) is 3.62. The van der Waals surface area contributed by atoms with Crippen molar-refractivity contribution in [3.63, 3.8) is 0 Å². The number of carbonyl (C=O) groups excluding carboxylic acids is 2. The van der Waals surface area contributed by atoms with E-state index in [1.54, 1.807) is 0 Å². The predicted molar refractivity (Wildman–Crippen MR) is 96.3 cm³/mol. The molecule has 7 heteroatoms. The zero-order valence-electron chi connectivity index (χ0n) is 13.6. The number of aromatic amines is 1. The average Bonchev–Trinajstić information content (AvgIpc) is 3.14. The van der Waals surface area contributed by atoms with Crippen LogP contribution in [0.5, 0.6) is 0 Å². The van der Waals surface area contributed by atoms with E-state index in [0.29, 0.717) is 6.42 Å². The monoisotopic (exact) mass is 371 g/mol. The van der Waals surface area contributed by atoms with Gasteiger partial charge in [0.05, 0.1) is 6.54 Å². The molecular formula is C19H15ClFN3O2. The van der Waals surface area contributed by atoms with E-state index in [2.05, 4.69) is 10.3 Å². The number of aromatic nitrogens is 1. The second-order valence-electron chi connectivity index (χ2n) is 6.19. The van der Waals surface area contributed by atoms with Gasteiger partial charge >= 0.3 is 6.03 Å². The molecule has 2 heterocycles. The number of para-hydroxylation sites is 1. The number of benzene rings is 2. The van der Waals surface area contributed by atoms with Crippen molar-refractivity contribution in [2.45, 2.75) is 19.0 Å². The highest BCUT2D eigenvalue weighted by Gasteiger charge is 2.38.